The minimum Gasteiger partial charge on any atom is -0.142 e. The zero-order valence-electron chi connectivity index (χ0n) is 10.5. The largest absolute Gasteiger partial charge is 0.142 e. The summed E-state index contributed by atoms with van der Waals surface area (Å²) in [5.41, 5.74) is 3.04. The number of aryl methyl sites for hydroxylation is 1. The van der Waals surface area contributed by atoms with Crippen molar-refractivity contribution in [1.82, 2.24) is 0 Å². The lowest BCUT2D eigenvalue weighted by molar-refractivity contribution is 0.918. The normalized spacial score (nSPS) is 11.4. The third-order valence-electron chi connectivity index (χ3n) is 3.40. The molecule has 0 saturated carbocycles. The Hall–Kier alpha value is -1.12. The molecule has 0 aliphatic rings. The fourth-order valence-corrected chi connectivity index (χ4v) is 4.72. The van der Waals surface area contributed by atoms with E-state index < -0.39 is 0 Å². The predicted octanol–water partition coefficient (Wildman–Crippen LogP) is 5.80. The molecule has 3 rings (SSSR count). The maximum atomic E-state index is 3.92. The standard InChI is InChI=1S/C16H16S2/c1-3-5-11-12(6-4-2)14-8-10-18-16(14)15-13(11)7-9-17-15/h3,7-10H,1,4-6H2,2H3. The molecule has 2 heteroatoms. The summed E-state index contributed by atoms with van der Waals surface area (Å²) in [6.45, 7) is 6.18. The molecule has 3 aromatic rings. The number of fused-ring (bicyclic) bond motifs is 3. The second-order valence-corrected chi connectivity index (χ2v) is 6.36. The average Bonchev–Trinajstić information content (AvgIpc) is 3.00. The molecule has 0 fully saturated rings. The van der Waals surface area contributed by atoms with Crippen molar-refractivity contribution in [3.05, 3.63) is 46.7 Å². The molecular formula is C16H16S2. The summed E-state index contributed by atoms with van der Waals surface area (Å²) in [4.78, 5) is 0. The number of hydrogen-bond acceptors (Lipinski definition) is 2. The van der Waals surface area contributed by atoms with Crippen LogP contribution in [0, 0.1) is 0 Å². The Balaban J connectivity index is 2.44. The van der Waals surface area contributed by atoms with Crippen molar-refractivity contribution < 1.29 is 0 Å². The Morgan fingerprint density at radius 3 is 2.22 bits per heavy atom. The molecule has 0 N–H and O–H groups in total. The van der Waals surface area contributed by atoms with Gasteiger partial charge in [0.2, 0.25) is 0 Å². The first-order valence-corrected chi connectivity index (χ1v) is 8.11. The van der Waals surface area contributed by atoms with E-state index >= 15 is 0 Å². The van der Waals surface area contributed by atoms with Gasteiger partial charge in [0.15, 0.2) is 0 Å². The van der Waals surface area contributed by atoms with Crippen LogP contribution in [0.5, 0.6) is 0 Å². The Labute approximate surface area is 116 Å². The van der Waals surface area contributed by atoms with Crippen LogP contribution < -0.4 is 0 Å². The van der Waals surface area contributed by atoms with E-state index in [0.29, 0.717) is 0 Å². The van der Waals surface area contributed by atoms with Gasteiger partial charge >= 0.3 is 0 Å². The van der Waals surface area contributed by atoms with Crippen LogP contribution in [-0.2, 0) is 12.8 Å². The number of thiophene rings is 2. The third kappa shape index (κ3) is 1.72. The van der Waals surface area contributed by atoms with Gasteiger partial charge in [-0.15, -0.1) is 29.3 Å². The molecule has 2 heterocycles. The first kappa shape index (κ1) is 11.9. The van der Waals surface area contributed by atoms with Crippen LogP contribution in [0.15, 0.2) is 35.5 Å². The maximum absolute atomic E-state index is 3.92. The van der Waals surface area contributed by atoms with E-state index in [1.165, 1.54) is 38.6 Å². The molecule has 0 spiro atoms. The van der Waals surface area contributed by atoms with Gasteiger partial charge in [0.05, 0.1) is 9.40 Å². The smallest absolute Gasteiger partial charge is 0.0524 e. The summed E-state index contributed by atoms with van der Waals surface area (Å²) in [5, 5.41) is 7.35. The third-order valence-corrected chi connectivity index (χ3v) is 5.39. The summed E-state index contributed by atoms with van der Waals surface area (Å²) >= 11 is 3.74. The molecule has 0 bridgehead atoms. The molecule has 0 unspecified atom stereocenters. The molecular weight excluding hydrogens is 256 g/mol. The first-order valence-electron chi connectivity index (χ1n) is 6.35. The minimum absolute atomic E-state index is 0.981. The number of rotatable bonds is 4. The summed E-state index contributed by atoms with van der Waals surface area (Å²) in [7, 11) is 0. The lowest BCUT2D eigenvalue weighted by atomic mass is 9.94. The van der Waals surface area contributed by atoms with E-state index in [4.69, 9.17) is 0 Å². The van der Waals surface area contributed by atoms with Gasteiger partial charge in [-0.1, -0.05) is 19.4 Å². The Morgan fingerprint density at radius 1 is 1.06 bits per heavy atom. The van der Waals surface area contributed by atoms with E-state index in [1.807, 2.05) is 28.7 Å². The Morgan fingerprint density at radius 2 is 1.67 bits per heavy atom. The fourth-order valence-electron chi connectivity index (χ4n) is 2.68. The zero-order valence-corrected chi connectivity index (χ0v) is 12.2. The highest BCUT2D eigenvalue weighted by molar-refractivity contribution is 7.25. The molecule has 0 aliphatic heterocycles. The van der Waals surface area contributed by atoms with Crippen LogP contribution in [0.4, 0.5) is 0 Å². The van der Waals surface area contributed by atoms with Crippen molar-refractivity contribution >= 4 is 42.8 Å². The van der Waals surface area contributed by atoms with Crippen LogP contribution in [0.25, 0.3) is 20.2 Å². The van der Waals surface area contributed by atoms with Crippen LogP contribution in [-0.4, -0.2) is 0 Å². The molecule has 0 amide bonds. The van der Waals surface area contributed by atoms with Crippen LogP contribution >= 0.6 is 22.7 Å². The Bertz CT molecular complexity index is 700. The van der Waals surface area contributed by atoms with E-state index in [1.54, 1.807) is 5.56 Å². The van der Waals surface area contributed by atoms with Crippen molar-refractivity contribution in [3.8, 4) is 0 Å². The lowest BCUT2D eigenvalue weighted by Gasteiger charge is -2.11. The lowest BCUT2D eigenvalue weighted by Crippen LogP contribution is -1.94. The van der Waals surface area contributed by atoms with Crippen molar-refractivity contribution in [2.75, 3.05) is 0 Å². The number of hydrogen-bond donors (Lipinski definition) is 0. The van der Waals surface area contributed by atoms with Gasteiger partial charge in [0.1, 0.15) is 0 Å². The van der Waals surface area contributed by atoms with Crippen molar-refractivity contribution in [3.63, 3.8) is 0 Å². The van der Waals surface area contributed by atoms with Crippen molar-refractivity contribution in [2.24, 2.45) is 0 Å². The molecule has 92 valence electrons. The summed E-state index contributed by atoms with van der Waals surface area (Å²) in [6, 6.07) is 4.56. The molecule has 18 heavy (non-hydrogen) atoms. The van der Waals surface area contributed by atoms with Crippen molar-refractivity contribution in [1.29, 1.82) is 0 Å². The topological polar surface area (TPSA) is 0 Å². The quantitative estimate of drug-likeness (QED) is 0.527. The molecule has 2 aromatic heterocycles. The van der Waals surface area contributed by atoms with Gasteiger partial charge in [-0.25, -0.2) is 0 Å². The summed E-state index contributed by atoms with van der Waals surface area (Å²) < 4.78 is 2.92. The van der Waals surface area contributed by atoms with Gasteiger partial charge in [-0.05, 0) is 57.6 Å². The van der Waals surface area contributed by atoms with Crippen LogP contribution in [0.1, 0.15) is 24.5 Å². The van der Waals surface area contributed by atoms with Gasteiger partial charge in [0, 0.05) is 0 Å². The molecule has 0 aliphatic carbocycles. The van der Waals surface area contributed by atoms with Gasteiger partial charge < -0.3 is 0 Å². The highest BCUT2D eigenvalue weighted by Crippen LogP contribution is 2.39. The first-order chi connectivity index (χ1) is 8.86. The SMILES string of the molecule is C=CCc1c(CCC)c2ccsc2c2sccc12. The second-order valence-electron chi connectivity index (χ2n) is 4.53. The number of allylic oxidation sites excluding steroid dienone is 1. The fraction of sp³-hybridized carbons (Fsp3) is 0.250. The van der Waals surface area contributed by atoms with E-state index in [2.05, 4.69) is 36.4 Å². The second kappa shape index (κ2) is 4.87. The van der Waals surface area contributed by atoms with Crippen LogP contribution in [0.2, 0.25) is 0 Å². The maximum Gasteiger partial charge on any atom is 0.0524 e. The predicted molar refractivity (Wildman–Crippen MR) is 85.1 cm³/mol. The van der Waals surface area contributed by atoms with E-state index in [-0.39, 0.29) is 0 Å². The Kier molecular flexibility index (Phi) is 3.23. The monoisotopic (exact) mass is 272 g/mol. The van der Waals surface area contributed by atoms with Gasteiger partial charge in [0.25, 0.3) is 0 Å². The average molecular weight is 272 g/mol. The molecule has 0 radical (unpaired) electrons. The highest BCUT2D eigenvalue weighted by Gasteiger charge is 2.14. The summed E-state index contributed by atoms with van der Waals surface area (Å²) in [5.74, 6) is 0. The van der Waals surface area contributed by atoms with E-state index in [0.717, 1.165) is 6.42 Å². The summed E-state index contributed by atoms with van der Waals surface area (Å²) in [6.07, 6.45) is 5.38. The molecule has 1 aromatic carbocycles. The number of benzene rings is 1. The van der Waals surface area contributed by atoms with Gasteiger partial charge in [-0.2, -0.15) is 0 Å². The van der Waals surface area contributed by atoms with Crippen molar-refractivity contribution in [2.45, 2.75) is 26.2 Å². The molecule has 0 atom stereocenters. The minimum atomic E-state index is 0.981. The molecule has 0 saturated heterocycles. The van der Waals surface area contributed by atoms with Crippen LogP contribution in [0.3, 0.4) is 0 Å². The zero-order chi connectivity index (χ0) is 12.5. The molecule has 0 nitrogen and oxygen atoms in total. The highest BCUT2D eigenvalue weighted by atomic mass is 32.1. The van der Waals surface area contributed by atoms with Gasteiger partial charge in [-0.3, -0.25) is 0 Å². The van der Waals surface area contributed by atoms with E-state index in [9.17, 15) is 0 Å².